The summed E-state index contributed by atoms with van der Waals surface area (Å²) in [7, 11) is 3.59. The number of alkyl halides is 3. The molecule has 1 aliphatic rings. The van der Waals surface area contributed by atoms with E-state index in [-0.39, 0.29) is 13.2 Å². The van der Waals surface area contributed by atoms with E-state index >= 15 is 0 Å². The van der Waals surface area contributed by atoms with Crippen LogP contribution >= 0.6 is 0 Å². The lowest BCUT2D eigenvalue weighted by Crippen LogP contribution is -2.40. The lowest BCUT2D eigenvalue weighted by molar-refractivity contribution is -0.172. The summed E-state index contributed by atoms with van der Waals surface area (Å²) >= 11 is 0. The average Bonchev–Trinajstić information content (AvgIpc) is 2.87. The molecule has 0 aromatic carbocycles. The first-order valence-electron chi connectivity index (χ1n) is 12.2. The standard InChI is InChI=1S/C24H35F3N8O2/c1-5-34(4)23-32-20(18(28-3)15-35-9-12-36-13-10-35)21(30-8-11-37-16-24(25,26)27)22(33-23)31-19-14-17(2)6-7-29-19/h6-7,14,30H,5,8-13,15-16H2,1-4H3,(H,29,31,32,33). The van der Waals surface area contributed by atoms with E-state index in [1.165, 1.54) is 0 Å². The van der Waals surface area contributed by atoms with E-state index in [1.54, 1.807) is 13.2 Å². The van der Waals surface area contributed by atoms with Gasteiger partial charge in [-0.2, -0.15) is 18.2 Å². The maximum atomic E-state index is 12.5. The molecule has 0 bridgehead atoms. The van der Waals surface area contributed by atoms with Crippen molar-refractivity contribution in [1.29, 1.82) is 0 Å². The van der Waals surface area contributed by atoms with Crippen LogP contribution in [-0.4, -0.2) is 105 Å². The Hall–Kier alpha value is -3.03. The number of hydrogen-bond acceptors (Lipinski definition) is 10. The number of nitrogens with one attached hydrogen (secondary N) is 2. The largest absolute Gasteiger partial charge is 0.411 e. The normalized spacial score (nSPS) is 15.1. The molecule has 1 saturated heterocycles. The number of anilines is 4. The molecular formula is C24H35F3N8O2. The Morgan fingerprint density at radius 3 is 2.68 bits per heavy atom. The fourth-order valence-corrected chi connectivity index (χ4v) is 3.61. The van der Waals surface area contributed by atoms with E-state index in [9.17, 15) is 13.2 Å². The third-order valence-electron chi connectivity index (χ3n) is 5.71. The van der Waals surface area contributed by atoms with Crippen LogP contribution in [0.25, 0.3) is 0 Å². The van der Waals surface area contributed by atoms with Crippen molar-refractivity contribution in [3.8, 4) is 0 Å². The van der Waals surface area contributed by atoms with Crippen LogP contribution in [0.15, 0.2) is 23.3 Å². The van der Waals surface area contributed by atoms with E-state index in [2.05, 4.69) is 25.5 Å². The molecule has 1 aliphatic heterocycles. The third kappa shape index (κ3) is 8.79. The number of nitrogens with zero attached hydrogens (tertiary/aromatic N) is 6. The van der Waals surface area contributed by atoms with Crippen molar-refractivity contribution in [1.82, 2.24) is 19.9 Å². The van der Waals surface area contributed by atoms with Gasteiger partial charge in [-0.3, -0.25) is 9.89 Å². The number of aryl methyl sites for hydroxylation is 1. The van der Waals surface area contributed by atoms with Gasteiger partial charge in [-0.1, -0.05) is 0 Å². The van der Waals surface area contributed by atoms with Gasteiger partial charge in [0.2, 0.25) is 5.95 Å². The lowest BCUT2D eigenvalue weighted by atomic mass is 10.1. The maximum Gasteiger partial charge on any atom is 0.411 e. The Kier molecular flexibility index (Phi) is 10.4. The molecule has 0 atom stereocenters. The van der Waals surface area contributed by atoms with Crippen LogP contribution in [0.4, 0.5) is 36.4 Å². The second-order valence-corrected chi connectivity index (χ2v) is 8.61. The quantitative estimate of drug-likeness (QED) is 0.320. The van der Waals surface area contributed by atoms with Crippen LogP contribution in [0, 0.1) is 6.92 Å². The maximum absolute atomic E-state index is 12.5. The molecule has 2 N–H and O–H groups in total. The highest BCUT2D eigenvalue weighted by atomic mass is 19.4. The number of pyridine rings is 1. The number of aliphatic imine (C=N–C) groups is 1. The zero-order chi connectivity index (χ0) is 26.8. The number of halogens is 3. The molecule has 13 heteroatoms. The minimum atomic E-state index is -4.38. The van der Waals surface area contributed by atoms with Crippen LogP contribution < -0.4 is 15.5 Å². The molecule has 0 unspecified atom stereocenters. The number of rotatable bonds is 12. The summed E-state index contributed by atoms with van der Waals surface area (Å²) in [6, 6.07) is 3.76. The van der Waals surface area contributed by atoms with E-state index in [4.69, 9.17) is 19.4 Å². The van der Waals surface area contributed by atoms with E-state index in [1.807, 2.05) is 37.9 Å². The van der Waals surface area contributed by atoms with Crippen LogP contribution in [-0.2, 0) is 9.47 Å². The van der Waals surface area contributed by atoms with Crippen LogP contribution in [0.3, 0.4) is 0 Å². The fourth-order valence-electron chi connectivity index (χ4n) is 3.61. The molecule has 0 spiro atoms. The molecule has 2 aromatic heterocycles. The molecule has 2 aromatic rings. The van der Waals surface area contributed by atoms with Gasteiger partial charge in [-0.25, -0.2) is 9.97 Å². The van der Waals surface area contributed by atoms with Crippen molar-refractivity contribution in [3.63, 3.8) is 0 Å². The lowest BCUT2D eigenvalue weighted by Gasteiger charge is -2.28. The summed E-state index contributed by atoms with van der Waals surface area (Å²) in [5, 5.41) is 6.45. The monoisotopic (exact) mass is 524 g/mol. The molecule has 0 radical (unpaired) electrons. The highest BCUT2D eigenvalue weighted by molar-refractivity contribution is 6.07. The van der Waals surface area contributed by atoms with Crippen LogP contribution in [0.2, 0.25) is 0 Å². The Bertz CT molecular complexity index is 1050. The highest BCUT2D eigenvalue weighted by Crippen LogP contribution is 2.29. The zero-order valence-corrected chi connectivity index (χ0v) is 21.7. The van der Waals surface area contributed by atoms with Crippen molar-refractivity contribution in [2.45, 2.75) is 20.0 Å². The molecule has 0 saturated carbocycles. The van der Waals surface area contributed by atoms with Gasteiger partial charge in [-0.05, 0) is 31.5 Å². The van der Waals surface area contributed by atoms with Gasteiger partial charge in [0, 0.05) is 53.0 Å². The molecule has 3 heterocycles. The number of hydrogen-bond donors (Lipinski definition) is 2. The number of aromatic nitrogens is 3. The highest BCUT2D eigenvalue weighted by Gasteiger charge is 2.27. The Morgan fingerprint density at radius 1 is 1.27 bits per heavy atom. The molecular weight excluding hydrogens is 489 g/mol. The SMILES string of the molecule is CCN(C)c1nc(Nc2cc(C)ccn2)c(NCCOCC(F)(F)F)c(C(CN2CCOCC2)=NC)n1. The Morgan fingerprint density at radius 2 is 2.03 bits per heavy atom. The van der Waals surface area contributed by atoms with Gasteiger partial charge in [0.25, 0.3) is 0 Å². The minimum absolute atomic E-state index is 0.111. The number of morpholine rings is 1. The van der Waals surface area contributed by atoms with Crippen molar-refractivity contribution in [2.24, 2.45) is 4.99 Å². The first-order valence-corrected chi connectivity index (χ1v) is 12.2. The predicted molar refractivity (Wildman–Crippen MR) is 138 cm³/mol. The third-order valence-corrected chi connectivity index (χ3v) is 5.71. The van der Waals surface area contributed by atoms with Crippen LogP contribution in [0.1, 0.15) is 18.2 Å². The van der Waals surface area contributed by atoms with Crippen LogP contribution in [0.5, 0.6) is 0 Å². The van der Waals surface area contributed by atoms with Gasteiger partial charge < -0.3 is 25.0 Å². The Labute approximate surface area is 215 Å². The average molecular weight is 525 g/mol. The molecule has 37 heavy (non-hydrogen) atoms. The summed E-state index contributed by atoms with van der Waals surface area (Å²) < 4.78 is 47.8. The first-order chi connectivity index (χ1) is 17.7. The van der Waals surface area contributed by atoms with Crippen molar-refractivity contribution >= 4 is 29.0 Å². The molecule has 0 aliphatic carbocycles. The van der Waals surface area contributed by atoms with Crippen molar-refractivity contribution in [3.05, 3.63) is 29.6 Å². The van der Waals surface area contributed by atoms with Gasteiger partial charge in [0.05, 0.1) is 25.5 Å². The predicted octanol–water partition coefficient (Wildman–Crippen LogP) is 3.12. The molecule has 0 amide bonds. The van der Waals surface area contributed by atoms with Gasteiger partial charge in [0.1, 0.15) is 23.8 Å². The van der Waals surface area contributed by atoms with E-state index < -0.39 is 12.8 Å². The summed E-state index contributed by atoms with van der Waals surface area (Å²) in [4.78, 5) is 22.6. The van der Waals surface area contributed by atoms with Crippen molar-refractivity contribution in [2.75, 3.05) is 88.8 Å². The molecule has 10 nitrogen and oxygen atoms in total. The van der Waals surface area contributed by atoms with Gasteiger partial charge in [0.15, 0.2) is 5.82 Å². The van der Waals surface area contributed by atoms with E-state index in [0.29, 0.717) is 61.0 Å². The summed E-state index contributed by atoms with van der Waals surface area (Å²) in [5.74, 6) is 1.50. The minimum Gasteiger partial charge on any atom is -0.379 e. The second-order valence-electron chi connectivity index (χ2n) is 8.61. The summed E-state index contributed by atoms with van der Waals surface area (Å²) in [6.07, 6.45) is -2.70. The van der Waals surface area contributed by atoms with E-state index in [0.717, 1.165) is 18.7 Å². The molecule has 204 valence electrons. The summed E-state index contributed by atoms with van der Waals surface area (Å²) in [5.41, 5.74) is 2.80. The van der Waals surface area contributed by atoms with Crippen molar-refractivity contribution < 1.29 is 22.6 Å². The zero-order valence-electron chi connectivity index (χ0n) is 21.7. The Balaban J connectivity index is 1.98. The number of ether oxygens (including phenoxy) is 2. The second kappa shape index (κ2) is 13.5. The fraction of sp³-hybridized carbons (Fsp3) is 0.583. The first kappa shape index (κ1) is 28.5. The topological polar surface area (TPSA) is 100 Å². The molecule has 3 rings (SSSR count). The summed E-state index contributed by atoms with van der Waals surface area (Å²) in [6.45, 7) is 6.59. The van der Waals surface area contributed by atoms with Gasteiger partial charge >= 0.3 is 6.18 Å². The smallest absolute Gasteiger partial charge is 0.379 e. The van der Waals surface area contributed by atoms with Gasteiger partial charge in [-0.15, -0.1) is 0 Å². The molecule has 1 fully saturated rings.